The molecular formula is C48H97N3O9. The largest absolute Gasteiger partial charge is 0.466 e. The molecule has 0 aliphatic heterocycles. The minimum Gasteiger partial charge on any atom is -0.466 e. The molecule has 0 aliphatic carbocycles. The zero-order valence-corrected chi connectivity index (χ0v) is 39.2. The lowest BCUT2D eigenvalue weighted by molar-refractivity contribution is -0.144. The van der Waals surface area contributed by atoms with E-state index in [4.69, 9.17) is 9.47 Å². The molecule has 12 heteroatoms. The third-order valence-electron chi connectivity index (χ3n) is 11.4. The van der Waals surface area contributed by atoms with Crippen LogP contribution in [0, 0.1) is 0 Å². The Kier molecular flexibility index (Phi) is 43.2. The molecule has 3 atom stereocenters. The highest BCUT2D eigenvalue weighted by Crippen LogP contribution is 2.14. The first-order valence-electron chi connectivity index (χ1n) is 24.9. The van der Waals surface area contributed by atoms with E-state index in [0.29, 0.717) is 91.2 Å². The lowest BCUT2D eigenvalue weighted by atomic mass is 10.1. The Morgan fingerprint density at radius 2 is 0.717 bits per heavy atom. The highest BCUT2D eigenvalue weighted by atomic mass is 16.5. The van der Waals surface area contributed by atoms with Crippen molar-refractivity contribution in [1.82, 2.24) is 14.7 Å². The number of carbonyl (C=O) groups is 2. The van der Waals surface area contributed by atoms with Gasteiger partial charge in [0.2, 0.25) is 0 Å². The standard InChI is InChI=1S/C48H97N3O9/c1-4-7-10-13-16-19-26-44(54)41-50(36-38-53)33-24-39-59-47(57)29-22-31-49(35-37-52)32-23-30-48(58)60-40-25-34-51(42-45(55)27-20-17-14-11-8-5-2)43-46(56)28-21-18-15-12-9-6-3/h44-46,52-56H,4-43H2,1-3H3. The Morgan fingerprint density at radius 3 is 1.10 bits per heavy atom. The summed E-state index contributed by atoms with van der Waals surface area (Å²) in [6.07, 6.45) is 25.3. The molecule has 0 saturated heterocycles. The minimum atomic E-state index is -0.433. The average Bonchev–Trinajstić information content (AvgIpc) is 3.22. The van der Waals surface area contributed by atoms with Gasteiger partial charge in [-0.2, -0.15) is 0 Å². The second kappa shape index (κ2) is 44.2. The molecule has 0 amide bonds. The van der Waals surface area contributed by atoms with Crippen molar-refractivity contribution >= 4 is 11.9 Å². The third kappa shape index (κ3) is 39.5. The molecule has 0 bridgehead atoms. The topological polar surface area (TPSA) is 163 Å². The van der Waals surface area contributed by atoms with E-state index in [1.165, 1.54) is 77.0 Å². The van der Waals surface area contributed by atoms with Gasteiger partial charge in [0, 0.05) is 58.7 Å². The molecule has 0 aromatic carbocycles. The summed E-state index contributed by atoms with van der Waals surface area (Å²) in [5.74, 6) is -0.525. The lowest BCUT2D eigenvalue weighted by Crippen LogP contribution is -2.39. The van der Waals surface area contributed by atoms with Gasteiger partial charge < -0.3 is 39.9 Å². The van der Waals surface area contributed by atoms with E-state index < -0.39 is 18.3 Å². The van der Waals surface area contributed by atoms with Crippen LogP contribution in [0.2, 0.25) is 0 Å². The molecule has 3 unspecified atom stereocenters. The Hall–Kier alpha value is -1.38. The normalized spacial score (nSPS) is 13.4. The first kappa shape index (κ1) is 58.6. The van der Waals surface area contributed by atoms with Crippen molar-refractivity contribution in [3.8, 4) is 0 Å². The van der Waals surface area contributed by atoms with Crippen molar-refractivity contribution in [3.63, 3.8) is 0 Å². The molecule has 0 radical (unpaired) electrons. The molecule has 0 saturated carbocycles. The predicted octanol–water partition coefficient (Wildman–Crippen LogP) is 7.64. The summed E-state index contributed by atoms with van der Waals surface area (Å²) in [6.45, 7) is 12.2. The zero-order chi connectivity index (χ0) is 44.3. The predicted molar refractivity (Wildman–Crippen MR) is 245 cm³/mol. The maximum Gasteiger partial charge on any atom is 0.305 e. The van der Waals surface area contributed by atoms with Crippen LogP contribution in [0.25, 0.3) is 0 Å². The van der Waals surface area contributed by atoms with Crippen molar-refractivity contribution in [1.29, 1.82) is 0 Å². The summed E-state index contributed by atoms with van der Waals surface area (Å²) in [5, 5.41) is 51.1. The van der Waals surface area contributed by atoms with E-state index in [2.05, 4.69) is 30.6 Å². The van der Waals surface area contributed by atoms with Gasteiger partial charge in [0.25, 0.3) is 0 Å². The highest BCUT2D eigenvalue weighted by molar-refractivity contribution is 5.69. The number of ether oxygens (including phenoxy) is 2. The van der Waals surface area contributed by atoms with Gasteiger partial charge in [-0.05, 0) is 58.0 Å². The number of rotatable bonds is 47. The van der Waals surface area contributed by atoms with E-state index in [-0.39, 0.29) is 44.6 Å². The Bertz CT molecular complexity index is 910. The molecule has 0 spiro atoms. The molecule has 0 fully saturated rings. The molecular weight excluding hydrogens is 763 g/mol. The Morgan fingerprint density at radius 1 is 0.400 bits per heavy atom. The molecule has 0 aliphatic rings. The maximum absolute atomic E-state index is 12.6. The first-order valence-corrected chi connectivity index (χ1v) is 24.9. The average molecular weight is 860 g/mol. The monoisotopic (exact) mass is 860 g/mol. The number of esters is 2. The highest BCUT2D eigenvalue weighted by Gasteiger charge is 2.17. The molecule has 5 N–H and O–H groups in total. The summed E-state index contributed by atoms with van der Waals surface area (Å²) in [4.78, 5) is 31.2. The Balaban J connectivity index is 4.46. The van der Waals surface area contributed by atoms with Crippen LogP contribution in [0.3, 0.4) is 0 Å². The van der Waals surface area contributed by atoms with Crippen LogP contribution in [0.1, 0.15) is 194 Å². The molecule has 358 valence electrons. The van der Waals surface area contributed by atoms with Crippen LogP contribution in [-0.4, -0.2) is 156 Å². The van der Waals surface area contributed by atoms with Gasteiger partial charge in [-0.25, -0.2) is 0 Å². The van der Waals surface area contributed by atoms with Crippen LogP contribution < -0.4 is 0 Å². The van der Waals surface area contributed by atoms with Crippen molar-refractivity contribution < 1.29 is 44.6 Å². The number of hydrogen-bond acceptors (Lipinski definition) is 12. The van der Waals surface area contributed by atoms with Gasteiger partial charge in [0.05, 0.1) is 44.7 Å². The molecule has 0 aromatic heterocycles. The summed E-state index contributed by atoms with van der Waals surface area (Å²) in [6, 6.07) is 0. The van der Waals surface area contributed by atoms with Crippen LogP contribution in [-0.2, 0) is 19.1 Å². The van der Waals surface area contributed by atoms with E-state index in [0.717, 1.165) is 57.8 Å². The van der Waals surface area contributed by atoms with Gasteiger partial charge in [-0.3, -0.25) is 19.4 Å². The van der Waals surface area contributed by atoms with Crippen LogP contribution in [0.15, 0.2) is 0 Å². The second-order valence-corrected chi connectivity index (χ2v) is 17.3. The Labute approximate surface area is 368 Å². The van der Waals surface area contributed by atoms with Gasteiger partial charge >= 0.3 is 11.9 Å². The SMILES string of the molecule is CCCCCCCCC(O)CN(CCO)CCCOC(=O)CCCN(CCO)CCCC(=O)OCCCN(CC(O)CCCCCCCC)CC(O)CCCCCCCC. The number of aliphatic hydroxyl groups is 5. The maximum atomic E-state index is 12.6. The summed E-state index contributed by atoms with van der Waals surface area (Å²) in [5.41, 5.74) is 0. The summed E-state index contributed by atoms with van der Waals surface area (Å²) in [7, 11) is 0. The van der Waals surface area contributed by atoms with E-state index in [1.807, 2.05) is 4.90 Å². The number of unbranched alkanes of at least 4 members (excludes halogenated alkanes) is 15. The fraction of sp³-hybridized carbons (Fsp3) is 0.958. The smallest absolute Gasteiger partial charge is 0.305 e. The van der Waals surface area contributed by atoms with Crippen molar-refractivity contribution in [3.05, 3.63) is 0 Å². The second-order valence-electron chi connectivity index (χ2n) is 17.3. The lowest BCUT2D eigenvalue weighted by Gasteiger charge is -2.27. The minimum absolute atomic E-state index is 0.00923. The van der Waals surface area contributed by atoms with Gasteiger partial charge in [-0.1, -0.05) is 136 Å². The van der Waals surface area contributed by atoms with E-state index in [9.17, 15) is 35.1 Å². The zero-order valence-electron chi connectivity index (χ0n) is 39.2. The quantitative estimate of drug-likeness (QED) is 0.0301. The number of aliphatic hydroxyl groups excluding tert-OH is 5. The third-order valence-corrected chi connectivity index (χ3v) is 11.4. The van der Waals surface area contributed by atoms with Gasteiger partial charge in [-0.15, -0.1) is 0 Å². The molecule has 0 aromatic rings. The van der Waals surface area contributed by atoms with Crippen molar-refractivity contribution in [2.75, 3.05) is 85.3 Å². The first-order chi connectivity index (χ1) is 29.2. The number of nitrogens with zero attached hydrogens (tertiary/aromatic N) is 3. The van der Waals surface area contributed by atoms with Crippen molar-refractivity contribution in [2.45, 2.75) is 212 Å². The van der Waals surface area contributed by atoms with E-state index in [1.54, 1.807) is 0 Å². The summed E-state index contributed by atoms with van der Waals surface area (Å²) < 4.78 is 11.0. The van der Waals surface area contributed by atoms with Crippen LogP contribution in [0.5, 0.6) is 0 Å². The summed E-state index contributed by atoms with van der Waals surface area (Å²) >= 11 is 0. The molecule has 60 heavy (non-hydrogen) atoms. The van der Waals surface area contributed by atoms with Crippen molar-refractivity contribution in [2.24, 2.45) is 0 Å². The van der Waals surface area contributed by atoms with Crippen LogP contribution in [0.4, 0.5) is 0 Å². The molecule has 0 rings (SSSR count). The fourth-order valence-corrected chi connectivity index (χ4v) is 7.81. The van der Waals surface area contributed by atoms with Gasteiger partial charge in [0.15, 0.2) is 0 Å². The molecule has 12 nitrogen and oxygen atoms in total. The number of carbonyl (C=O) groups excluding carboxylic acids is 2. The fourth-order valence-electron chi connectivity index (χ4n) is 7.81. The van der Waals surface area contributed by atoms with Gasteiger partial charge in [0.1, 0.15) is 0 Å². The van der Waals surface area contributed by atoms with Crippen LogP contribution >= 0.6 is 0 Å². The molecule has 0 heterocycles. The van der Waals surface area contributed by atoms with E-state index >= 15 is 0 Å². The number of hydrogen-bond donors (Lipinski definition) is 5.